The van der Waals surface area contributed by atoms with Crippen molar-refractivity contribution in [2.24, 2.45) is 0 Å². The van der Waals surface area contributed by atoms with Gasteiger partial charge in [0.2, 0.25) is 0 Å². The van der Waals surface area contributed by atoms with Crippen molar-refractivity contribution in [3.05, 3.63) is 77.4 Å². The zero-order valence-corrected chi connectivity index (χ0v) is 22.5. The van der Waals surface area contributed by atoms with Crippen LogP contribution in [0.15, 0.2) is 60.7 Å². The van der Waals surface area contributed by atoms with Crippen molar-refractivity contribution in [1.29, 1.82) is 0 Å². The van der Waals surface area contributed by atoms with Gasteiger partial charge in [0.1, 0.15) is 18.1 Å². The number of amides is 1. The molecule has 2 fully saturated rings. The van der Waals surface area contributed by atoms with Gasteiger partial charge < -0.3 is 24.4 Å². The van der Waals surface area contributed by atoms with Gasteiger partial charge in [-0.05, 0) is 54.8 Å². The molecule has 2 heterocycles. The van der Waals surface area contributed by atoms with Crippen molar-refractivity contribution in [3.63, 3.8) is 0 Å². The maximum atomic E-state index is 13.4. The van der Waals surface area contributed by atoms with Gasteiger partial charge in [-0.15, -0.1) is 0 Å². The van der Waals surface area contributed by atoms with E-state index in [2.05, 4.69) is 11.5 Å². The van der Waals surface area contributed by atoms with E-state index in [0.717, 1.165) is 36.4 Å². The minimum absolute atomic E-state index is 0.113. The fraction of sp³-hybridized carbons (Fsp3) is 0.400. The molecule has 8 nitrogen and oxygen atoms in total. The molecule has 0 radical (unpaired) electrons. The monoisotopic (exact) mass is 519 g/mol. The summed E-state index contributed by atoms with van der Waals surface area (Å²) < 4.78 is 11.0. The van der Waals surface area contributed by atoms with E-state index in [9.17, 15) is 14.7 Å². The molecular weight excluding hydrogens is 482 g/mol. The lowest BCUT2D eigenvalue weighted by Crippen LogP contribution is -2.38. The Labute approximate surface area is 224 Å². The van der Waals surface area contributed by atoms with Gasteiger partial charge in [-0.3, -0.25) is 14.5 Å². The van der Waals surface area contributed by atoms with Gasteiger partial charge in [-0.2, -0.15) is 0 Å². The van der Waals surface area contributed by atoms with Crippen molar-refractivity contribution in [2.45, 2.75) is 19.4 Å². The lowest BCUT2D eigenvalue weighted by atomic mass is 9.93. The molecule has 0 aliphatic carbocycles. The molecule has 2 aromatic rings. The highest BCUT2D eigenvalue weighted by Gasteiger charge is 2.46. The Morgan fingerprint density at radius 1 is 1.13 bits per heavy atom. The number of hydrogen-bond donors (Lipinski definition) is 1. The highest BCUT2D eigenvalue weighted by Crippen LogP contribution is 2.40. The second-order valence-corrected chi connectivity index (χ2v) is 9.86. The number of likely N-dealkylation sites (tertiary alicyclic amines) is 1. The van der Waals surface area contributed by atoms with Crippen molar-refractivity contribution in [1.82, 2.24) is 9.80 Å². The number of ether oxygens (including phenoxy) is 2. The van der Waals surface area contributed by atoms with Crippen LogP contribution < -0.4 is 9.64 Å². The van der Waals surface area contributed by atoms with Crippen molar-refractivity contribution >= 4 is 23.1 Å². The third-order valence-corrected chi connectivity index (χ3v) is 7.06. The summed E-state index contributed by atoms with van der Waals surface area (Å²) in [4.78, 5) is 32.6. The first-order chi connectivity index (χ1) is 18.3. The van der Waals surface area contributed by atoms with Crippen LogP contribution in [0.5, 0.6) is 5.75 Å². The Morgan fingerprint density at radius 2 is 1.84 bits per heavy atom. The number of benzene rings is 2. The van der Waals surface area contributed by atoms with Gasteiger partial charge >= 0.3 is 0 Å². The number of nitrogens with zero attached hydrogens (tertiary/aromatic N) is 3. The molecule has 1 atom stereocenters. The number of aliphatic hydroxyl groups excluding tert-OH is 1. The highest BCUT2D eigenvalue weighted by atomic mass is 16.5. The number of rotatable bonds is 10. The number of aliphatic hydroxyl groups is 1. The molecular formula is C30H37N3O5. The summed E-state index contributed by atoms with van der Waals surface area (Å²) in [5.74, 6) is -0.785. The lowest BCUT2D eigenvalue weighted by molar-refractivity contribution is -0.140. The molecule has 38 heavy (non-hydrogen) atoms. The summed E-state index contributed by atoms with van der Waals surface area (Å²) in [6.45, 7) is 10.2. The molecule has 2 saturated heterocycles. The van der Waals surface area contributed by atoms with Crippen molar-refractivity contribution in [2.75, 3.05) is 65.0 Å². The Kier molecular flexibility index (Phi) is 8.86. The third kappa shape index (κ3) is 5.92. The second-order valence-electron chi connectivity index (χ2n) is 9.86. The predicted molar refractivity (Wildman–Crippen MR) is 149 cm³/mol. The molecule has 0 spiro atoms. The van der Waals surface area contributed by atoms with Crippen LogP contribution in [-0.2, 0) is 14.3 Å². The summed E-state index contributed by atoms with van der Waals surface area (Å²) in [5.41, 5.74) is 3.14. The normalized spacial score (nSPS) is 19.6. The lowest BCUT2D eigenvalue weighted by Gasteiger charge is -2.29. The van der Waals surface area contributed by atoms with E-state index in [1.165, 1.54) is 0 Å². The van der Waals surface area contributed by atoms with E-state index in [-0.39, 0.29) is 11.3 Å². The molecule has 1 amide bonds. The van der Waals surface area contributed by atoms with Gasteiger partial charge in [0.15, 0.2) is 0 Å². The van der Waals surface area contributed by atoms with Crippen LogP contribution in [0.4, 0.5) is 5.69 Å². The Balaban J connectivity index is 1.69. The Morgan fingerprint density at radius 3 is 2.47 bits per heavy atom. The Bertz CT molecular complexity index is 1200. The average Bonchev–Trinajstić information content (AvgIpc) is 3.17. The third-order valence-electron chi connectivity index (χ3n) is 7.06. The summed E-state index contributed by atoms with van der Waals surface area (Å²) in [7, 11) is 3.91. The largest absolute Gasteiger partial charge is 0.507 e. The predicted octanol–water partition coefficient (Wildman–Crippen LogP) is 3.77. The van der Waals surface area contributed by atoms with Gasteiger partial charge in [0.25, 0.3) is 11.7 Å². The molecule has 8 heteroatoms. The fourth-order valence-corrected chi connectivity index (χ4v) is 4.99. The van der Waals surface area contributed by atoms with Gasteiger partial charge in [-0.1, -0.05) is 24.8 Å². The topological polar surface area (TPSA) is 82.5 Å². The standard InChI is InChI=1S/C30H37N3O5/c1-5-17-38-24-11-12-25(21(2)20-24)28(34)26-27(22-7-9-23(10-8-22)31(3)4)33(30(36)29(26)35)14-6-13-32-15-18-37-19-16-32/h5,7-12,20,27,34H,1,6,13-19H2,2-4H3/t27-/m1/s1. The zero-order chi connectivity index (χ0) is 27.2. The van der Waals surface area contributed by atoms with Gasteiger partial charge in [-0.25, -0.2) is 0 Å². The van der Waals surface area contributed by atoms with Crippen molar-refractivity contribution < 1.29 is 24.2 Å². The fourth-order valence-electron chi connectivity index (χ4n) is 4.99. The molecule has 0 saturated carbocycles. The van der Waals surface area contributed by atoms with E-state index in [0.29, 0.717) is 44.1 Å². The second kappa shape index (κ2) is 12.3. The summed E-state index contributed by atoms with van der Waals surface area (Å²) >= 11 is 0. The van der Waals surface area contributed by atoms with E-state index in [1.54, 1.807) is 29.2 Å². The SMILES string of the molecule is C=CCOc1ccc(C(O)=C2C(=O)C(=O)N(CCCN3CCOCC3)[C@@H]2c2ccc(N(C)C)cc2)c(C)c1. The van der Waals surface area contributed by atoms with Crippen LogP contribution in [-0.4, -0.2) is 86.7 Å². The summed E-state index contributed by atoms with van der Waals surface area (Å²) in [6, 6.07) is 12.4. The molecule has 0 unspecified atom stereocenters. The average molecular weight is 520 g/mol. The molecule has 4 rings (SSSR count). The quantitative estimate of drug-likeness (QED) is 0.221. The first kappa shape index (κ1) is 27.4. The highest BCUT2D eigenvalue weighted by molar-refractivity contribution is 6.46. The number of carbonyl (C=O) groups excluding carboxylic acids is 2. The molecule has 202 valence electrons. The van der Waals surface area contributed by atoms with Gasteiger partial charge in [0.05, 0.1) is 24.8 Å². The van der Waals surface area contributed by atoms with Crippen LogP contribution >= 0.6 is 0 Å². The number of morpholine rings is 1. The Hall–Kier alpha value is -3.62. The molecule has 0 bridgehead atoms. The van der Waals surface area contributed by atoms with Gasteiger partial charge in [0, 0.05) is 51.5 Å². The van der Waals surface area contributed by atoms with E-state index in [1.807, 2.05) is 50.2 Å². The number of Topliss-reactive ketones (excluding diaryl/α,β-unsaturated/α-hetero) is 1. The van der Waals surface area contributed by atoms with Crippen molar-refractivity contribution in [3.8, 4) is 5.75 Å². The number of aryl methyl sites for hydroxylation is 1. The molecule has 0 aromatic heterocycles. The molecule has 2 aliphatic rings. The number of ketones is 1. The minimum atomic E-state index is -0.674. The van der Waals surface area contributed by atoms with Crippen LogP contribution in [0.1, 0.15) is 29.2 Å². The van der Waals surface area contributed by atoms with Crippen LogP contribution in [0.2, 0.25) is 0 Å². The van der Waals surface area contributed by atoms with E-state index < -0.39 is 17.7 Å². The maximum Gasteiger partial charge on any atom is 0.295 e. The summed E-state index contributed by atoms with van der Waals surface area (Å²) in [5, 5.41) is 11.5. The molecule has 2 aliphatic heterocycles. The first-order valence-electron chi connectivity index (χ1n) is 13.0. The van der Waals surface area contributed by atoms with E-state index in [4.69, 9.17) is 9.47 Å². The number of anilines is 1. The summed E-state index contributed by atoms with van der Waals surface area (Å²) in [6.07, 6.45) is 2.37. The molecule has 1 N–H and O–H groups in total. The zero-order valence-electron chi connectivity index (χ0n) is 22.5. The smallest absolute Gasteiger partial charge is 0.295 e. The van der Waals surface area contributed by atoms with Crippen LogP contribution in [0.25, 0.3) is 5.76 Å². The van der Waals surface area contributed by atoms with E-state index >= 15 is 0 Å². The van der Waals surface area contributed by atoms with Crippen LogP contribution in [0.3, 0.4) is 0 Å². The van der Waals surface area contributed by atoms with Crippen LogP contribution in [0, 0.1) is 6.92 Å². The number of hydrogen-bond acceptors (Lipinski definition) is 7. The first-order valence-corrected chi connectivity index (χ1v) is 13.0. The molecule has 2 aromatic carbocycles. The maximum absolute atomic E-state index is 13.4. The number of carbonyl (C=O) groups is 2. The minimum Gasteiger partial charge on any atom is -0.507 e.